The number of hydrogen-bond acceptors (Lipinski definition) is 3. The molecule has 6 nitrogen and oxygen atoms in total. The lowest BCUT2D eigenvalue weighted by Crippen LogP contribution is -2.56. The molecule has 0 aliphatic carbocycles. The van der Waals surface area contributed by atoms with E-state index in [1.54, 1.807) is 0 Å². The van der Waals surface area contributed by atoms with Crippen LogP contribution in [0.5, 0.6) is 0 Å². The monoisotopic (exact) mass is 360 g/mol. The van der Waals surface area contributed by atoms with Gasteiger partial charge in [0.15, 0.2) is 0 Å². The Morgan fingerprint density at radius 1 is 1.27 bits per heavy atom. The molecule has 6 heteroatoms. The number of likely N-dealkylation sites (tertiary alicyclic amines) is 1. The first-order chi connectivity index (χ1) is 12.2. The Labute approximate surface area is 154 Å². The van der Waals surface area contributed by atoms with Crippen LogP contribution in [-0.2, 0) is 20.8 Å². The van der Waals surface area contributed by atoms with E-state index < -0.39 is 17.6 Å². The average Bonchev–Trinajstić information content (AvgIpc) is 2.84. The van der Waals surface area contributed by atoms with Crippen LogP contribution in [0.3, 0.4) is 0 Å². The maximum atomic E-state index is 13.1. The zero-order valence-corrected chi connectivity index (χ0v) is 15.7. The Bertz CT molecular complexity index is 659. The van der Waals surface area contributed by atoms with Crippen LogP contribution in [-0.4, -0.2) is 45.9 Å². The van der Waals surface area contributed by atoms with Gasteiger partial charge in [-0.3, -0.25) is 9.59 Å². The number of carboxylic acids is 1. The summed E-state index contributed by atoms with van der Waals surface area (Å²) in [6, 6.07) is 8.75. The van der Waals surface area contributed by atoms with E-state index in [4.69, 9.17) is 0 Å². The molecule has 2 atom stereocenters. The number of rotatable bonds is 8. The Balaban J connectivity index is 2.17. The second-order valence-electron chi connectivity index (χ2n) is 7.49. The Kier molecular flexibility index (Phi) is 6.40. The third kappa shape index (κ3) is 4.62. The van der Waals surface area contributed by atoms with Crippen LogP contribution < -0.4 is 5.32 Å². The molecule has 1 heterocycles. The van der Waals surface area contributed by atoms with Crippen molar-refractivity contribution in [1.82, 2.24) is 10.2 Å². The van der Waals surface area contributed by atoms with E-state index in [0.29, 0.717) is 32.2 Å². The lowest BCUT2D eigenvalue weighted by atomic mass is 9.87. The topological polar surface area (TPSA) is 86.7 Å². The number of aliphatic carboxylic acids is 1. The SMILES string of the molecule is CC(=O)N[C@]1(CC(C)C)CCN(C(CCc2ccccc2)C(=O)O)C1=O. The summed E-state index contributed by atoms with van der Waals surface area (Å²) in [7, 11) is 0. The predicted octanol–water partition coefficient (Wildman–Crippen LogP) is 2.23. The summed E-state index contributed by atoms with van der Waals surface area (Å²) in [6.07, 6.45) is 1.88. The van der Waals surface area contributed by atoms with Gasteiger partial charge in [0.05, 0.1) is 0 Å². The number of carbonyl (C=O) groups excluding carboxylic acids is 2. The van der Waals surface area contributed by atoms with Gasteiger partial charge < -0.3 is 15.3 Å². The largest absolute Gasteiger partial charge is 0.480 e. The van der Waals surface area contributed by atoms with Gasteiger partial charge in [0.1, 0.15) is 11.6 Å². The minimum atomic E-state index is -1.00. The zero-order chi connectivity index (χ0) is 19.3. The summed E-state index contributed by atoms with van der Waals surface area (Å²) >= 11 is 0. The molecule has 1 aromatic carbocycles. The predicted molar refractivity (Wildman–Crippen MR) is 98.5 cm³/mol. The van der Waals surface area contributed by atoms with E-state index in [1.807, 2.05) is 44.2 Å². The fourth-order valence-electron chi connectivity index (χ4n) is 3.84. The second-order valence-corrected chi connectivity index (χ2v) is 7.49. The van der Waals surface area contributed by atoms with E-state index in [1.165, 1.54) is 11.8 Å². The normalized spacial score (nSPS) is 21.1. The quantitative estimate of drug-likeness (QED) is 0.744. The summed E-state index contributed by atoms with van der Waals surface area (Å²) in [4.78, 5) is 38.0. The summed E-state index contributed by atoms with van der Waals surface area (Å²) in [6.45, 7) is 5.72. The molecular formula is C20H28N2O4. The summed E-state index contributed by atoms with van der Waals surface area (Å²) in [5.41, 5.74) is 0.0566. The molecule has 2 rings (SSSR count). The van der Waals surface area contributed by atoms with Gasteiger partial charge >= 0.3 is 5.97 Å². The van der Waals surface area contributed by atoms with Crippen molar-refractivity contribution in [2.75, 3.05) is 6.54 Å². The van der Waals surface area contributed by atoms with Crippen LogP contribution in [0.25, 0.3) is 0 Å². The second kappa shape index (κ2) is 8.34. The number of nitrogens with zero attached hydrogens (tertiary/aromatic N) is 1. The van der Waals surface area contributed by atoms with Crippen LogP contribution >= 0.6 is 0 Å². The smallest absolute Gasteiger partial charge is 0.326 e. The van der Waals surface area contributed by atoms with E-state index >= 15 is 0 Å². The van der Waals surface area contributed by atoms with Crippen LogP contribution in [0, 0.1) is 5.92 Å². The number of amides is 2. The van der Waals surface area contributed by atoms with Crippen molar-refractivity contribution in [1.29, 1.82) is 0 Å². The maximum absolute atomic E-state index is 13.1. The van der Waals surface area contributed by atoms with Gasteiger partial charge in [-0.1, -0.05) is 44.2 Å². The van der Waals surface area contributed by atoms with E-state index in [0.717, 1.165) is 5.56 Å². The van der Waals surface area contributed by atoms with Crippen molar-refractivity contribution >= 4 is 17.8 Å². The number of carbonyl (C=O) groups is 3. The maximum Gasteiger partial charge on any atom is 0.326 e. The first kappa shape index (κ1) is 19.9. The number of aryl methyl sites for hydroxylation is 1. The highest BCUT2D eigenvalue weighted by atomic mass is 16.4. The van der Waals surface area contributed by atoms with Crippen molar-refractivity contribution in [2.24, 2.45) is 5.92 Å². The highest BCUT2D eigenvalue weighted by molar-refractivity contribution is 5.95. The van der Waals surface area contributed by atoms with E-state index in [9.17, 15) is 19.5 Å². The van der Waals surface area contributed by atoms with Gasteiger partial charge in [0.25, 0.3) is 0 Å². The molecule has 1 saturated heterocycles. The molecule has 1 aliphatic rings. The van der Waals surface area contributed by atoms with Crippen LogP contribution in [0.2, 0.25) is 0 Å². The highest BCUT2D eigenvalue weighted by Gasteiger charge is 2.50. The molecular weight excluding hydrogens is 332 g/mol. The lowest BCUT2D eigenvalue weighted by molar-refractivity contribution is -0.150. The molecule has 0 saturated carbocycles. The van der Waals surface area contributed by atoms with Crippen molar-refractivity contribution in [2.45, 2.75) is 58.0 Å². The average molecular weight is 360 g/mol. The number of nitrogens with one attached hydrogen (secondary N) is 1. The summed E-state index contributed by atoms with van der Waals surface area (Å²) < 4.78 is 0. The molecule has 2 amide bonds. The number of hydrogen-bond donors (Lipinski definition) is 2. The van der Waals surface area contributed by atoms with Gasteiger partial charge in [-0.15, -0.1) is 0 Å². The Morgan fingerprint density at radius 2 is 1.92 bits per heavy atom. The molecule has 2 N–H and O–H groups in total. The first-order valence-corrected chi connectivity index (χ1v) is 9.12. The van der Waals surface area contributed by atoms with E-state index in [2.05, 4.69) is 5.32 Å². The zero-order valence-electron chi connectivity index (χ0n) is 15.7. The standard InChI is InChI=1S/C20H28N2O4/c1-14(2)13-20(21-15(3)23)11-12-22(19(20)26)17(18(24)25)10-9-16-7-5-4-6-8-16/h4-8,14,17H,9-13H2,1-3H3,(H,21,23)(H,24,25)/t17?,20-/m0/s1. The molecule has 0 bridgehead atoms. The van der Waals surface area contributed by atoms with Crippen LogP contribution in [0.15, 0.2) is 30.3 Å². The molecule has 0 aromatic heterocycles. The van der Waals surface area contributed by atoms with Crippen molar-refractivity contribution in [3.05, 3.63) is 35.9 Å². The molecule has 0 radical (unpaired) electrons. The van der Waals surface area contributed by atoms with Crippen molar-refractivity contribution in [3.63, 3.8) is 0 Å². The minimum absolute atomic E-state index is 0.207. The third-order valence-corrected chi connectivity index (χ3v) is 4.83. The number of benzene rings is 1. The Morgan fingerprint density at radius 3 is 2.46 bits per heavy atom. The van der Waals surface area contributed by atoms with Gasteiger partial charge in [-0.2, -0.15) is 0 Å². The van der Waals surface area contributed by atoms with E-state index in [-0.39, 0.29) is 17.7 Å². The van der Waals surface area contributed by atoms with Gasteiger partial charge in [0, 0.05) is 13.5 Å². The minimum Gasteiger partial charge on any atom is -0.480 e. The van der Waals surface area contributed by atoms with Gasteiger partial charge in [-0.05, 0) is 37.2 Å². The molecule has 1 fully saturated rings. The van der Waals surface area contributed by atoms with Crippen molar-refractivity contribution in [3.8, 4) is 0 Å². The lowest BCUT2D eigenvalue weighted by Gasteiger charge is -2.32. The Hall–Kier alpha value is -2.37. The third-order valence-electron chi connectivity index (χ3n) is 4.83. The summed E-state index contributed by atoms with van der Waals surface area (Å²) in [5, 5.41) is 12.5. The van der Waals surface area contributed by atoms with Crippen LogP contribution in [0.4, 0.5) is 0 Å². The van der Waals surface area contributed by atoms with Gasteiger partial charge in [-0.25, -0.2) is 4.79 Å². The molecule has 26 heavy (non-hydrogen) atoms. The van der Waals surface area contributed by atoms with Crippen LogP contribution in [0.1, 0.15) is 45.6 Å². The number of carboxylic acid groups (broad SMARTS) is 1. The van der Waals surface area contributed by atoms with Crippen molar-refractivity contribution < 1.29 is 19.5 Å². The molecule has 1 aromatic rings. The fourth-order valence-corrected chi connectivity index (χ4v) is 3.84. The molecule has 1 unspecified atom stereocenters. The molecule has 0 spiro atoms. The van der Waals surface area contributed by atoms with Gasteiger partial charge in [0.2, 0.25) is 11.8 Å². The highest BCUT2D eigenvalue weighted by Crippen LogP contribution is 2.32. The molecule has 1 aliphatic heterocycles. The summed E-state index contributed by atoms with van der Waals surface area (Å²) in [5.74, 6) is -1.34. The first-order valence-electron chi connectivity index (χ1n) is 9.12. The fraction of sp³-hybridized carbons (Fsp3) is 0.550. The molecule has 142 valence electrons.